The Kier molecular flexibility index (Phi) is 5.35. The number of benzene rings is 1. The lowest BCUT2D eigenvalue weighted by molar-refractivity contribution is -0.139. The number of hydrogen-bond donors (Lipinski definition) is 2. The van der Waals surface area contributed by atoms with Crippen LogP contribution in [0.25, 0.3) is 0 Å². The number of carboxylic acids is 1. The van der Waals surface area contributed by atoms with Crippen molar-refractivity contribution < 1.29 is 19.4 Å². The van der Waals surface area contributed by atoms with Crippen LogP contribution in [-0.2, 0) is 29.6 Å². The fourth-order valence-corrected chi connectivity index (χ4v) is 2.17. The Hall–Kier alpha value is -2.83. The molecule has 0 aliphatic carbocycles. The number of carbonyl (C=O) groups is 2. The van der Waals surface area contributed by atoms with Gasteiger partial charge >= 0.3 is 12.1 Å². The summed E-state index contributed by atoms with van der Waals surface area (Å²) in [5.74, 6) is -1.12. The van der Waals surface area contributed by atoms with Gasteiger partial charge in [0.15, 0.2) is 0 Å². The van der Waals surface area contributed by atoms with Crippen LogP contribution in [0.4, 0.5) is 4.79 Å². The molecule has 0 spiro atoms. The van der Waals surface area contributed by atoms with Crippen molar-refractivity contribution in [1.29, 1.82) is 0 Å². The van der Waals surface area contributed by atoms with E-state index < -0.39 is 18.1 Å². The molecule has 0 fully saturated rings. The fourth-order valence-electron chi connectivity index (χ4n) is 2.17. The first-order valence-corrected chi connectivity index (χ1v) is 7.15. The number of amides is 1. The van der Waals surface area contributed by atoms with E-state index in [2.05, 4.69) is 10.4 Å². The van der Waals surface area contributed by atoms with E-state index >= 15 is 0 Å². The van der Waals surface area contributed by atoms with Crippen LogP contribution in [0.2, 0.25) is 0 Å². The van der Waals surface area contributed by atoms with Crippen LogP contribution >= 0.6 is 0 Å². The van der Waals surface area contributed by atoms with Gasteiger partial charge in [0.1, 0.15) is 12.6 Å². The summed E-state index contributed by atoms with van der Waals surface area (Å²) < 4.78 is 6.65. The van der Waals surface area contributed by atoms with Gasteiger partial charge in [0.25, 0.3) is 0 Å². The second-order valence-corrected chi connectivity index (χ2v) is 5.20. The lowest BCUT2D eigenvalue weighted by atomic mass is 10.1. The Bertz CT molecular complexity index is 682. The van der Waals surface area contributed by atoms with E-state index in [0.29, 0.717) is 0 Å². The van der Waals surface area contributed by atoms with Crippen molar-refractivity contribution in [2.45, 2.75) is 26.0 Å². The lowest BCUT2D eigenvalue weighted by Crippen LogP contribution is -2.42. The summed E-state index contributed by atoms with van der Waals surface area (Å²) >= 11 is 0. The Labute approximate surface area is 133 Å². The molecular formula is C16H19N3O4. The van der Waals surface area contributed by atoms with Crippen molar-refractivity contribution in [2.75, 3.05) is 0 Å². The van der Waals surface area contributed by atoms with E-state index in [9.17, 15) is 14.7 Å². The number of rotatable bonds is 6. The Morgan fingerprint density at radius 1 is 1.35 bits per heavy atom. The molecule has 1 atom stereocenters. The summed E-state index contributed by atoms with van der Waals surface area (Å²) in [6, 6.07) is 9.88. The zero-order chi connectivity index (χ0) is 16.8. The van der Waals surface area contributed by atoms with Gasteiger partial charge < -0.3 is 15.2 Å². The monoisotopic (exact) mass is 317 g/mol. The number of aromatic nitrogens is 2. The molecule has 0 aliphatic rings. The highest BCUT2D eigenvalue weighted by Crippen LogP contribution is 2.07. The van der Waals surface area contributed by atoms with E-state index in [1.54, 1.807) is 17.8 Å². The molecule has 23 heavy (non-hydrogen) atoms. The van der Waals surface area contributed by atoms with Crippen LogP contribution in [-0.4, -0.2) is 33.0 Å². The first-order chi connectivity index (χ1) is 11.0. The third kappa shape index (κ3) is 4.84. The number of aliphatic carboxylic acids is 1. The maximum atomic E-state index is 11.8. The molecule has 1 aromatic heterocycles. The highest BCUT2D eigenvalue weighted by molar-refractivity contribution is 5.80. The number of carboxylic acid groups (broad SMARTS) is 1. The minimum atomic E-state index is -1.12. The van der Waals surface area contributed by atoms with E-state index in [-0.39, 0.29) is 13.0 Å². The third-order valence-corrected chi connectivity index (χ3v) is 3.32. The molecule has 2 rings (SSSR count). The van der Waals surface area contributed by atoms with Gasteiger partial charge in [-0.15, -0.1) is 0 Å². The molecule has 0 bridgehead atoms. The number of nitrogens with zero attached hydrogens (tertiary/aromatic N) is 2. The highest BCUT2D eigenvalue weighted by atomic mass is 16.5. The molecule has 2 N–H and O–H groups in total. The number of nitrogens with one attached hydrogen (secondary N) is 1. The van der Waals surface area contributed by atoms with Crippen molar-refractivity contribution in [2.24, 2.45) is 7.05 Å². The molecule has 122 valence electrons. The molecule has 7 nitrogen and oxygen atoms in total. The number of hydrogen-bond acceptors (Lipinski definition) is 4. The zero-order valence-electron chi connectivity index (χ0n) is 13.0. The Morgan fingerprint density at radius 2 is 2.04 bits per heavy atom. The van der Waals surface area contributed by atoms with Crippen LogP contribution in [0.1, 0.15) is 17.0 Å². The Morgan fingerprint density at radius 3 is 2.61 bits per heavy atom. The van der Waals surface area contributed by atoms with Gasteiger partial charge in [0.05, 0.1) is 5.69 Å². The first-order valence-electron chi connectivity index (χ1n) is 7.15. The smallest absolute Gasteiger partial charge is 0.408 e. The van der Waals surface area contributed by atoms with Crippen molar-refractivity contribution in [3.8, 4) is 0 Å². The van der Waals surface area contributed by atoms with Crippen LogP contribution < -0.4 is 5.32 Å². The van der Waals surface area contributed by atoms with E-state index in [4.69, 9.17) is 4.74 Å². The zero-order valence-corrected chi connectivity index (χ0v) is 13.0. The van der Waals surface area contributed by atoms with Gasteiger partial charge in [-0.2, -0.15) is 5.10 Å². The molecule has 7 heteroatoms. The summed E-state index contributed by atoms with van der Waals surface area (Å²) in [5, 5.41) is 15.8. The van der Waals surface area contributed by atoms with Crippen molar-refractivity contribution in [1.82, 2.24) is 15.1 Å². The predicted octanol–water partition coefficient (Wildman–Crippen LogP) is 1.65. The van der Waals surface area contributed by atoms with Crippen molar-refractivity contribution in [3.05, 3.63) is 53.3 Å². The average molecular weight is 317 g/mol. The molecule has 0 saturated carbocycles. The second-order valence-electron chi connectivity index (χ2n) is 5.20. The minimum Gasteiger partial charge on any atom is -0.480 e. The van der Waals surface area contributed by atoms with Gasteiger partial charge in [-0.25, -0.2) is 9.59 Å². The van der Waals surface area contributed by atoms with Gasteiger partial charge in [-0.05, 0) is 18.6 Å². The van der Waals surface area contributed by atoms with Crippen molar-refractivity contribution >= 4 is 12.1 Å². The average Bonchev–Trinajstić information content (AvgIpc) is 2.83. The van der Waals surface area contributed by atoms with Gasteiger partial charge in [-0.1, -0.05) is 30.3 Å². The summed E-state index contributed by atoms with van der Waals surface area (Å²) in [7, 11) is 1.73. The molecule has 1 aromatic carbocycles. The van der Waals surface area contributed by atoms with Crippen LogP contribution in [0.15, 0.2) is 36.4 Å². The summed E-state index contributed by atoms with van der Waals surface area (Å²) in [6.45, 7) is 1.91. The number of alkyl carbamates (subject to hydrolysis) is 1. The molecule has 1 amide bonds. The molecule has 0 saturated heterocycles. The lowest BCUT2D eigenvalue weighted by Gasteiger charge is -2.14. The largest absolute Gasteiger partial charge is 0.480 e. The first kappa shape index (κ1) is 16.5. The van der Waals surface area contributed by atoms with Gasteiger partial charge in [0, 0.05) is 19.2 Å². The number of ether oxygens (including phenoxy) is 1. The topological polar surface area (TPSA) is 93.5 Å². The minimum absolute atomic E-state index is 0.0871. The van der Waals surface area contributed by atoms with Crippen LogP contribution in [0.3, 0.4) is 0 Å². The van der Waals surface area contributed by atoms with E-state index in [0.717, 1.165) is 17.0 Å². The third-order valence-electron chi connectivity index (χ3n) is 3.32. The predicted molar refractivity (Wildman–Crippen MR) is 82.8 cm³/mol. The van der Waals surface area contributed by atoms with Crippen LogP contribution in [0, 0.1) is 6.92 Å². The Balaban J connectivity index is 1.92. The molecule has 0 radical (unpaired) electrons. The quantitative estimate of drug-likeness (QED) is 0.845. The van der Waals surface area contributed by atoms with E-state index in [1.807, 2.05) is 37.3 Å². The molecule has 0 aliphatic heterocycles. The normalized spacial score (nSPS) is 11.7. The summed E-state index contributed by atoms with van der Waals surface area (Å²) in [6.07, 6.45) is -0.632. The standard InChI is InChI=1S/C16H19N3O4/c1-11-8-13(19(2)18-11)9-14(15(20)21)17-16(22)23-10-12-6-4-3-5-7-12/h3-8,14H,9-10H2,1-2H3,(H,17,22)(H,20,21). The van der Waals surface area contributed by atoms with Crippen LogP contribution in [0.5, 0.6) is 0 Å². The van der Waals surface area contributed by atoms with Gasteiger partial charge in [-0.3, -0.25) is 4.68 Å². The maximum Gasteiger partial charge on any atom is 0.408 e. The highest BCUT2D eigenvalue weighted by Gasteiger charge is 2.22. The second kappa shape index (κ2) is 7.44. The maximum absolute atomic E-state index is 11.8. The fraction of sp³-hybridized carbons (Fsp3) is 0.312. The molecule has 2 aromatic rings. The molecular weight excluding hydrogens is 298 g/mol. The van der Waals surface area contributed by atoms with Crippen molar-refractivity contribution in [3.63, 3.8) is 0 Å². The number of aryl methyl sites for hydroxylation is 2. The van der Waals surface area contributed by atoms with E-state index in [1.165, 1.54) is 0 Å². The van der Waals surface area contributed by atoms with Gasteiger partial charge in [0.2, 0.25) is 0 Å². The molecule has 1 heterocycles. The molecule has 1 unspecified atom stereocenters. The summed E-state index contributed by atoms with van der Waals surface area (Å²) in [4.78, 5) is 23.1. The number of carbonyl (C=O) groups excluding carboxylic acids is 1. The summed E-state index contributed by atoms with van der Waals surface area (Å²) in [5.41, 5.74) is 2.34. The SMILES string of the molecule is Cc1cc(CC(NC(=O)OCc2ccccc2)C(=O)O)n(C)n1.